The van der Waals surface area contributed by atoms with Gasteiger partial charge in [0.25, 0.3) is 0 Å². The molecule has 0 bridgehead atoms. The third kappa shape index (κ3) is 5.52. The number of carbonyl (C=O) groups is 1. The van der Waals surface area contributed by atoms with E-state index in [4.69, 9.17) is 11.6 Å². The maximum atomic E-state index is 13.1. The lowest BCUT2D eigenvalue weighted by molar-refractivity contribution is -0.137. The standard InChI is InChI=1S/C22H14BrClF3N5O/c23-15-3-5-18(6-4-15)32-20(11-19(31-32)13-2-1-7-28-12-13)30-21(33)29-17-9-14(22(25,26)27)8-16(24)10-17/h1-12H,(H2,29,30,33). The number of carbonyl (C=O) groups excluding carboxylic acids is 1. The molecule has 2 aromatic heterocycles. The van der Waals surface area contributed by atoms with E-state index in [9.17, 15) is 18.0 Å². The van der Waals surface area contributed by atoms with Crippen LogP contribution in [0.4, 0.5) is 29.5 Å². The van der Waals surface area contributed by atoms with Gasteiger partial charge in [-0.25, -0.2) is 9.48 Å². The molecule has 0 radical (unpaired) electrons. The molecule has 2 amide bonds. The third-order valence-electron chi connectivity index (χ3n) is 4.46. The minimum atomic E-state index is -4.60. The van der Waals surface area contributed by atoms with Crippen LogP contribution in [0, 0.1) is 0 Å². The van der Waals surface area contributed by atoms with Crippen molar-refractivity contribution >= 4 is 45.1 Å². The van der Waals surface area contributed by atoms with Gasteiger partial charge in [-0.1, -0.05) is 27.5 Å². The summed E-state index contributed by atoms with van der Waals surface area (Å²) in [4.78, 5) is 16.7. The maximum Gasteiger partial charge on any atom is 0.416 e. The van der Waals surface area contributed by atoms with Crippen molar-refractivity contribution in [1.82, 2.24) is 14.8 Å². The molecule has 4 rings (SSSR count). The highest BCUT2D eigenvalue weighted by atomic mass is 79.9. The van der Waals surface area contributed by atoms with E-state index >= 15 is 0 Å². The summed E-state index contributed by atoms with van der Waals surface area (Å²) in [5, 5.41) is 9.42. The highest BCUT2D eigenvalue weighted by molar-refractivity contribution is 9.10. The van der Waals surface area contributed by atoms with Gasteiger partial charge in [-0.05, 0) is 54.6 Å². The number of alkyl halides is 3. The molecule has 11 heteroatoms. The van der Waals surface area contributed by atoms with Gasteiger partial charge in [0.05, 0.1) is 16.9 Å². The molecule has 0 aliphatic rings. The number of aromatic nitrogens is 3. The van der Waals surface area contributed by atoms with Crippen LogP contribution >= 0.6 is 27.5 Å². The molecule has 4 aromatic rings. The zero-order valence-electron chi connectivity index (χ0n) is 16.6. The van der Waals surface area contributed by atoms with E-state index in [0.29, 0.717) is 17.2 Å². The summed E-state index contributed by atoms with van der Waals surface area (Å²) in [6, 6.07) is 14.5. The fourth-order valence-electron chi connectivity index (χ4n) is 3.01. The Morgan fingerprint density at radius 2 is 1.79 bits per heavy atom. The predicted molar refractivity (Wildman–Crippen MR) is 124 cm³/mol. The van der Waals surface area contributed by atoms with Crippen LogP contribution in [0.1, 0.15) is 5.56 Å². The molecule has 0 saturated heterocycles. The molecule has 0 atom stereocenters. The Hall–Kier alpha value is -3.37. The van der Waals surface area contributed by atoms with Crippen LogP contribution in [0.25, 0.3) is 16.9 Å². The normalized spacial score (nSPS) is 11.3. The van der Waals surface area contributed by atoms with Crippen LogP contribution in [0.3, 0.4) is 0 Å². The summed E-state index contributed by atoms with van der Waals surface area (Å²) in [6.07, 6.45) is -1.35. The van der Waals surface area contributed by atoms with E-state index in [1.165, 1.54) is 10.7 Å². The van der Waals surface area contributed by atoms with Gasteiger partial charge < -0.3 is 5.32 Å². The van der Waals surface area contributed by atoms with Crippen molar-refractivity contribution in [1.29, 1.82) is 0 Å². The fraction of sp³-hybridized carbons (Fsp3) is 0.0455. The number of pyridine rings is 1. The summed E-state index contributed by atoms with van der Waals surface area (Å²) in [5.74, 6) is 0.298. The Bertz CT molecular complexity index is 1290. The number of nitrogens with one attached hydrogen (secondary N) is 2. The van der Waals surface area contributed by atoms with Gasteiger partial charge in [-0.15, -0.1) is 0 Å². The van der Waals surface area contributed by atoms with E-state index in [1.807, 2.05) is 18.2 Å². The zero-order valence-corrected chi connectivity index (χ0v) is 18.9. The quantitative estimate of drug-likeness (QED) is 0.295. The lowest BCUT2D eigenvalue weighted by Crippen LogP contribution is -2.21. The van der Waals surface area contributed by atoms with Crippen molar-refractivity contribution in [3.8, 4) is 16.9 Å². The summed E-state index contributed by atoms with van der Waals surface area (Å²) in [6.45, 7) is 0. The van der Waals surface area contributed by atoms with E-state index < -0.39 is 17.8 Å². The second kappa shape index (κ2) is 9.24. The number of benzene rings is 2. The van der Waals surface area contributed by atoms with Crippen molar-refractivity contribution in [3.05, 3.63) is 88.1 Å². The number of hydrogen-bond acceptors (Lipinski definition) is 3. The number of nitrogens with zero attached hydrogens (tertiary/aromatic N) is 3. The minimum Gasteiger partial charge on any atom is -0.308 e. The molecular weight excluding hydrogens is 523 g/mol. The molecular formula is C22H14BrClF3N5O. The molecule has 0 aliphatic heterocycles. The first-order valence-electron chi connectivity index (χ1n) is 9.41. The van der Waals surface area contributed by atoms with Crippen molar-refractivity contribution < 1.29 is 18.0 Å². The average molecular weight is 537 g/mol. The monoisotopic (exact) mass is 535 g/mol. The van der Waals surface area contributed by atoms with Gasteiger partial charge in [0.2, 0.25) is 0 Å². The smallest absolute Gasteiger partial charge is 0.308 e. The number of halogens is 5. The van der Waals surface area contributed by atoms with Gasteiger partial charge >= 0.3 is 12.2 Å². The lowest BCUT2D eigenvalue weighted by atomic mass is 10.2. The number of urea groups is 1. The molecule has 0 unspecified atom stereocenters. The van der Waals surface area contributed by atoms with E-state index in [2.05, 4.69) is 36.6 Å². The van der Waals surface area contributed by atoms with Crippen molar-refractivity contribution in [3.63, 3.8) is 0 Å². The van der Waals surface area contributed by atoms with Crippen LogP contribution in [-0.4, -0.2) is 20.8 Å². The summed E-state index contributed by atoms with van der Waals surface area (Å²) < 4.78 is 41.5. The molecule has 2 N–H and O–H groups in total. The molecule has 33 heavy (non-hydrogen) atoms. The lowest BCUT2D eigenvalue weighted by Gasteiger charge is -2.12. The van der Waals surface area contributed by atoms with Gasteiger partial charge in [0, 0.05) is 39.2 Å². The molecule has 0 saturated carbocycles. The molecule has 0 spiro atoms. The highest BCUT2D eigenvalue weighted by Crippen LogP contribution is 2.33. The molecule has 6 nitrogen and oxygen atoms in total. The van der Waals surface area contributed by atoms with Crippen LogP contribution in [-0.2, 0) is 6.18 Å². The van der Waals surface area contributed by atoms with Crippen LogP contribution < -0.4 is 10.6 Å². The molecule has 168 valence electrons. The van der Waals surface area contributed by atoms with Crippen LogP contribution in [0.5, 0.6) is 0 Å². The Morgan fingerprint density at radius 3 is 2.45 bits per heavy atom. The van der Waals surface area contributed by atoms with E-state index in [0.717, 1.165) is 22.2 Å². The average Bonchev–Trinajstić information content (AvgIpc) is 3.17. The summed E-state index contributed by atoms with van der Waals surface area (Å²) in [7, 11) is 0. The Balaban J connectivity index is 1.64. The third-order valence-corrected chi connectivity index (χ3v) is 5.21. The topological polar surface area (TPSA) is 71.8 Å². The number of rotatable bonds is 4. The number of hydrogen-bond donors (Lipinski definition) is 2. The first kappa shape index (κ1) is 22.8. The number of anilines is 2. The SMILES string of the molecule is O=C(Nc1cc(Cl)cc(C(F)(F)F)c1)Nc1cc(-c2cccnc2)nn1-c1ccc(Br)cc1. The summed E-state index contributed by atoms with van der Waals surface area (Å²) >= 11 is 9.17. The van der Waals surface area contributed by atoms with E-state index in [-0.39, 0.29) is 10.7 Å². The Kier molecular flexibility index (Phi) is 6.39. The molecule has 2 aromatic carbocycles. The number of amides is 2. The second-order valence-corrected chi connectivity index (χ2v) is 8.20. The molecule has 0 fully saturated rings. The van der Waals surface area contributed by atoms with Gasteiger partial charge in [0.1, 0.15) is 5.82 Å². The van der Waals surface area contributed by atoms with Crippen molar-refractivity contribution in [2.24, 2.45) is 0 Å². The Labute approximate surface area is 199 Å². The minimum absolute atomic E-state index is 0.102. The van der Waals surface area contributed by atoms with Gasteiger partial charge in [-0.3, -0.25) is 10.3 Å². The first-order valence-corrected chi connectivity index (χ1v) is 10.6. The fourth-order valence-corrected chi connectivity index (χ4v) is 3.51. The van der Waals surface area contributed by atoms with Crippen molar-refractivity contribution in [2.45, 2.75) is 6.18 Å². The van der Waals surface area contributed by atoms with Gasteiger partial charge in [0.15, 0.2) is 0 Å². The van der Waals surface area contributed by atoms with Crippen LogP contribution in [0.15, 0.2) is 77.5 Å². The largest absolute Gasteiger partial charge is 0.416 e. The van der Waals surface area contributed by atoms with Crippen molar-refractivity contribution in [2.75, 3.05) is 10.6 Å². The maximum absolute atomic E-state index is 13.1. The van der Waals surface area contributed by atoms with E-state index in [1.54, 1.807) is 36.7 Å². The predicted octanol–water partition coefficient (Wildman–Crippen LogP) is 7.01. The first-order chi connectivity index (χ1) is 15.7. The van der Waals surface area contributed by atoms with Gasteiger partial charge in [-0.2, -0.15) is 18.3 Å². The second-order valence-electron chi connectivity index (χ2n) is 6.85. The zero-order chi connectivity index (χ0) is 23.6. The molecule has 2 heterocycles. The summed E-state index contributed by atoms with van der Waals surface area (Å²) in [5.41, 5.74) is 0.856. The highest BCUT2D eigenvalue weighted by Gasteiger charge is 2.31. The van der Waals surface area contributed by atoms with Crippen LogP contribution in [0.2, 0.25) is 5.02 Å². The Morgan fingerprint density at radius 1 is 1.03 bits per heavy atom. The molecule has 0 aliphatic carbocycles.